The van der Waals surface area contributed by atoms with Crippen LogP contribution in [0.3, 0.4) is 0 Å². The summed E-state index contributed by atoms with van der Waals surface area (Å²) >= 11 is 4.18. The van der Waals surface area contributed by atoms with Gasteiger partial charge in [0, 0.05) is 0 Å². The van der Waals surface area contributed by atoms with E-state index in [9.17, 15) is 0 Å². The molecule has 0 atom stereocenters. The average molecular weight is 205 g/mol. The van der Waals surface area contributed by atoms with Crippen LogP contribution in [0, 0.1) is 0 Å². The Bertz CT molecular complexity index is 81.0. The van der Waals surface area contributed by atoms with Crippen molar-refractivity contribution in [3.63, 3.8) is 0 Å². The van der Waals surface area contributed by atoms with E-state index in [1.807, 2.05) is 0 Å². The molecule has 0 aromatic carbocycles. The number of unbranched alkanes of at least 4 members (excludes halogenated alkanes) is 7. The van der Waals surface area contributed by atoms with Gasteiger partial charge in [-0.05, 0) is 18.6 Å². The zero-order valence-corrected chi connectivity index (χ0v) is 9.40. The van der Waals surface area contributed by atoms with Crippen LogP contribution >= 0.6 is 12.6 Å². The van der Waals surface area contributed by atoms with Crippen LogP contribution in [0.4, 0.5) is 0 Å². The molecular formula is C10H23NOS. The second-order valence-electron chi connectivity index (χ2n) is 3.42. The van der Waals surface area contributed by atoms with Gasteiger partial charge in [-0.1, -0.05) is 38.5 Å². The van der Waals surface area contributed by atoms with Gasteiger partial charge < -0.3 is 4.84 Å². The standard InChI is InChI=1S/C10H23NOS/c11-12-9-7-5-3-1-2-4-6-8-10-13/h13H,1-11H2. The maximum Gasteiger partial charge on any atom is 0.0679 e. The third-order valence-electron chi connectivity index (χ3n) is 2.17. The Balaban J connectivity index is 2.76. The summed E-state index contributed by atoms with van der Waals surface area (Å²) in [7, 11) is 0. The number of thiol groups is 1. The lowest BCUT2D eigenvalue weighted by Gasteiger charge is -2.00. The Morgan fingerprint density at radius 1 is 0.769 bits per heavy atom. The highest BCUT2D eigenvalue weighted by Crippen LogP contribution is 2.08. The molecule has 2 N–H and O–H groups in total. The largest absolute Gasteiger partial charge is 0.305 e. The highest BCUT2D eigenvalue weighted by Gasteiger charge is 1.91. The molecule has 2 nitrogen and oxygen atoms in total. The number of rotatable bonds is 10. The van der Waals surface area contributed by atoms with Crippen molar-refractivity contribution < 1.29 is 4.84 Å². The van der Waals surface area contributed by atoms with E-state index in [2.05, 4.69) is 17.5 Å². The van der Waals surface area contributed by atoms with Gasteiger partial charge in [0.05, 0.1) is 6.61 Å². The molecule has 0 heterocycles. The zero-order valence-electron chi connectivity index (χ0n) is 8.50. The lowest BCUT2D eigenvalue weighted by Crippen LogP contribution is -2.00. The Kier molecular flexibility index (Phi) is 12.5. The van der Waals surface area contributed by atoms with Crippen LogP contribution in [-0.4, -0.2) is 12.4 Å². The van der Waals surface area contributed by atoms with E-state index in [4.69, 9.17) is 5.90 Å². The van der Waals surface area contributed by atoms with Crippen molar-refractivity contribution in [1.82, 2.24) is 0 Å². The van der Waals surface area contributed by atoms with Gasteiger partial charge in [0.25, 0.3) is 0 Å². The predicted octanol–water partition coefficient (Wildman–Crippen LogP) is 2.93. The molecule has 0 aliphatic heterocycles. The zero-order chi connectivity index (χ0) is 9.78. The summed E-state index contributed by atoms with van der Waals surface area (Å²) in [5.74, 6) is 5.95. The fourth-order valence-corrected chi connectivity index (χ4v) is 1.58. The van der Waals surface area contributed by atoms with Gasteiger partial charge in [-0.2, -0.15) is 12.6 Å². The molecule has 0 rings (SSSR count). The minimum Gasteiger partial charge on any atom is -0.305 e. The van der Waals surface area contributed by atoms with Crippen LogP contribution in [0.2, 0.25) is 0 Å². The van der Waals surface area contributed by atoms with Crippen LogP contribution < -0.4 is 5.90 Å². The van der Waals surface area contributed by atoms with Gasteiger partial charge in [0.2, 0.25) is 0 Å². The SMILES string of the molecule is NOCCCCCCCCCCS. The van der Waals surface area contributed by atoms with Crippen LogP contribution in [0.1, 0.15) is 51.4 Å². The quantitative estimate of drug-likeness (QED) is 0.327. The summed E-state index contributed by atoms with van der Waals surface area (Å²) in [5.41, 5.74) is 0. The molecule has 0 fully saturated rings. The topological polar surface area (TPSA) is 35.2 Å². The second kappa shape index (κ2) is 12.3. The molecule has 80 valence electrons. The van der Waals surface area contributed by atoms with E-state index in [-0.39, 0.29) is 0 Å². The molecule has 0 amide bonds. The number of nitrogens with two attached hydrogens (primary N) is 1. The minimum absolute atomic E-state index is 0.708. The smallest absolute Gasteiger partial charge is 0.0679 e. The van der Waals surface area contributed by atoms with E-state index < -0.39 is 0 Å². The van der Waals surface area contributed by atoms with Crippen molar-refractivity contribution >= 4 is 12.6 Å². The Morgan fingerprint density at radius 2 is 1.23 bits per heavy atom. The highest BCUT2D eigenvalue weighted by molar-refractivity contribution is 7.80. The third kappa shape index (κ3) is 12.3. The summed E-state index contributed by atoms with van der Waals surface area (Å²) in [6.45, 7) is 0.708. The van der Waals surface area contributed by atoms with E-state index in [1.165, 1.54) is 44.9 Å². The van der Waals surface area contributed by atoms with E-state index in [0.29, 0.717) is 6.61 Å². The molecule has 0 spiro atoms. The molecule has 13 heavy (non-hydrogen) atoms. The van der Waals surface area contributed by atoms with Gasteiger partial charge in [0.15, 0.2) is 0 Å². The van der Waals surface area contributed by atoms with Crippen molar-refractivity contribution in [3.8, 4) is 0 Å². The van der Waals surface area contributed by atoms with Gasteiger partial charge in [-0.25, -0.2) is 5.90 Å². The van der Waals surface area contributed by atoms with Crippen LogP contribution in [0.15, 0.2) is 0 Å². The van der Waals surface area contributed by atoms with E-state index in [1.54, 1.807) is 0 Å². The summed E-state index contributed by atoms with van der Waals surface area (Å²) in [6, 6.07) is 0. The molecule has 0 aromatic heterocycles. The summed E-state index contributed by atoms with van der Waals surface area (Å²) in [4.78, 5) is 4.49. The summed E-state index contributed by atoms with van der Waals surface area (Å²) < 4.78 is 0. The van der Waals surface area contributed by atoms with Gasteiger partial charge >= 0.3 is 0 Å². The minimum atomic E-state index is 0.708. The molecule has 3 heteroatoms. The number of hydrogen-bond donors (Lipinski definition) is 2. The maximum absolute atomic E-state index is 4.92. The molecular weight excluding hydrogens is 182 g/mol. The Hall–Kier alpha value is 0.270. The molecule has 0 saturated heterocycles. The monoisotopic (exact) mass is 205 g/mol. The third-order valence-corrected chi connectivity index (χ3v) is 2.49. The highest BCUT2D eigenvalue weighted by atomic mass is 32.1. The van der Waals surface area contributed by atoms with Crippen LogP contribution in [-0.2, 0) is 4.84 Å². The molecule has 0 aromatic rings. The average Bonchev–Trinajstić information content (AvgIpc) is 2.16. The molecule has 0 aliphatic rings. The lowest BCUT2D eigenvalue weighted by molar-refractivity contribution is 0.133. The maximum atomic E-state index is 4.92. The second-order valence-corrected chi connectivity index (χ2v) is 3.87. The first kappa shape index (κ1) is 13.3. The first-order valence-electron chi connectivity index (χ1n) is 5.34. The molecule has 0 saturated carbocycles. The van der Waals surface area contributed by atoms with Crippen LogP contribution in [0.5, 0.6) is 0 Å². The van der Waals surface area contributed by atoms with Crippen LogP contribution in [0.25, 0.3) is 0 Å². The number of hydrogen-bond acceptors (Lipinski definition) is 3. The van der Waals surface area contributed by atoms with E-state index in [0.717, 1.165) is 12.2 Å². The summed E-state index contributed by atoms with van der Waals surface area (Å²) in [5, 5.41) is 0. The fraction of sp³-hybridized carbons (Fsp3) is 1.00. The van der Waals surface area contributed by atoms with E-state index >= 15 is 0 Å². The fourth-order valence-electron chi connectivity index (χ4n) is 1.36. The first-order chi connectivity index (χ1) is 6.41. The summed E-state index contributed by atoms with van der Waals surface area (Å²) in [6.07, 6.45) is 10.4. The normalized spacial score (nSPS) is 10.6. The van der Waals surface area contributed by atoms with Crippen molar-refractivity contribution in [1.29, 1.82) is 0 Å². The van der Waals surface area contributed by atoms with Crippen molar-refractivity contribution in [3.05, 3.63) is 0 Å². The predicted molar refractivity (Wildman–Crippen MR) is 60.9 cm³/mol. The molecule has 0 radical (unpaired) electrons. The molecule has 0 bridgehead atoms. The Morgan fingerprint density at radius 3 is 1.69 bits per heavy atom. The van der Waals surface area contributed by atoms with Crippen molar-refractivity contribution in [2.75, 3.05) is 12.4 Å². The Labute approximate surface area is 87.6 Å². The molecule has 0 aliphatic carbocycles. The first-order valence-corrected chi connectivity index (χ1v) is 5.97. The van der Waals surface area contributed by atoms with Gasteiger partial charge in [-0.3, -0.25) is 0 Å². The lowest BCUT2D eigenvalue weighted by atomic mass is 10.1. The molecule has 0 unspecified atom stereocenters. The van der Waals surface area contributed by atoms with Crippen molar-refractivity contribution in [2.24, 2.45) is 5.90 Å². The van der Waals surface area contributed by atoms with Gasteiger partial charge in [0.1, 0.15) is 0 Å². The van der Waals surface area contributed by atoms with Crippen molar-refractivity contribution in [2.45, 2.75) is 51.4 Å². The van der Waals surface area contributed by atoms with Gasteiger partial charge in [-0.15, -0.1) is 0 Å².